The predicted octanol–water partition coefficient (Wildman–Crippen LogP) is 3.41. The number of rotatable bonds is 2. The molecule has 0 bridgehead atoms. The van der Waals surface area contributed by atoms with Gasteiger partial charge in [-0.25, -0.2) is 4.98 Å². The van der Waals surface area contributed by atoms with E-state index in [-0.39, 0.29) is 11.3 Å². The summed E-state index contributed by atoms with van der Waals surface area (Å²) in [6, 6.07) is 10.0. The Kier molecular flexibility index (Phi) is 4.18. The van der Waals surface area contributed by atoms with Gasteiger partial charge >= 0.3 is 0 Å². The molecule has 0 atom stereocenters. The van der Waals surface area contributed by atoms with Gasteiger partial charge in [-0.1, -0.05) is 6.07 Å². The van der Waals surface area contributed by atoms with Gasteiger partial charge < -0.3 is 10.4 Å². The van der Waals surface area contributed by atoms with Crippen molar-refractivity contribution in [3.63, 3.8) is 0 Å². The SMILES string of the molecule is O=C(Nc1cccc(Br)n1)c1cc(I)ccc1O. The predicted molar refractivity (Wildman–Crippen MR) is 80.7 cm³/mol. The van der Waals surface area contributed by atoms with Crippen LogP contribution in [-0.4, -0.2) is 16.0 Å². The summed E-state index contributed by atoms with van der Waals surface area (Å²) in [4.78, 5) is 16.1. The molecule has 0 radical (unpaired) electrons. The summed E-state index contributed by atoms with van der Waals surface area (Å²) < 4.78 is 1.50. The summed E-state index contributed by atoms with van der Waals surface area (Å²) in [6.07, 6.45) is 0. The molecule has 4 nitrogen and oxygen atoms in total. The number of benzene rings is 1. The van der Waals surface area contributed by atoms with E-state index in [9.17, 15) is 9.90 Å². The Morgan fingerprint density at radius 2 is 2.11 bits per heavy atom. The van der Waals surface area contributed by atoms with E-state index in [1.54, 1.807) is 30.3 Å². The molecule has 0 spiro atoms. The summed E-state index contributed by atoms with van der Waals surface area (Å²) in [7, 11) is 0. The number of phenols is 1. The summed E-state index contributed by atoms with van der Waals surface area (Å²) in [5.74, 6) is -0.0211. The van der Waals surface area contributed by atoms with E-state index in [0.29, 0.717) is 10.4 Å². The van der Waals surface area contributed by atoms with Crippen molar-refractivity contribution in [1.82, 2.24) is 4.98 Å². The number of carbonyl (C=O) groups excluding carboxylic acids is 1. The van der Waals surface area contributed by atoms with Gasteiger partial charge in [0.15, 0.2) is 0 Å². The van der Waals surface area contributed by atoms with Crippen molar-refractivity contribution in [2.45, 2.75) is 0 Å². The molecule has 0 saturated heterocycles. The van der Waals surface area contributed by atoms with Crippen LogP contribution in [0.3, 0.4) is 0 Å². The molecule has 0 aliphatic carbocycles. The van der Waals surface area contributed by atoms with E-state index in [0.717, 1.165) is 3.57 Å². The second-order valence-corrected chi connectivity index (χ2v) is 5.52. The van der Waals surface area contributed by atoms with Crippen LogP contribution in [0.2, 0.25) is 0 Å². The van der Waals surface area contributed by atoms with Gasteiger partial charge in [0.2, 0.25) is 0 Å². The number of nitrogens with one attached hydrogen (secondary N) is 1. The molecule has 2 aromatic rings. The highest BCUT2D eigenvalue weighted by molar-refractivity contribution is 14.1. The normalized spacial score (nSPS) is 10.1. The first-order valence-corrected chi connectivity index (χ1v) is 6.86. The Morgan fingerprint density at radius 1 is 1.33 bits per heavy atom. The summed E-state index contributed by atoms with van der Waals surface area (Å²) in [6.45, 7) is 0. The number of phenolic OH excluding ortho intramolecular Hbond substituents is 1. The fourth-order valence-corrected chi connectivity index (χ4v) is 2.19. The molecular weight excluding hydrogens is 411 g/mol. The molecule has 0 saturated carbocycles. The number of halogens is 2. The Labute approximate surface area is 126 Å². The zero-order chi connectivity index (χ0) is 13.1. The lowest BCUT2D eigenvalue weighted by Gasteiger charge is -2.06. The highest BCUT2D eigenvalue weighted by Crippen LogP contribution is 2.21. The zero-order valence-corrected chi connectivity index (χ0v) is 12.8. The van der Waals surface area contributed by atoms with Gasteiger partial charge in [0.1, 0.15) is 16.2 Å². The highest BCUT2D eigenvalue weighted by Gasteiger charge is 2.12. The van der Waals surface area contributed by atoms with Gasteiger partial charge in [-0.05, 0) is 68.9 Å². The van der Waals surface area contributed by atoms with Crippen LogP contribution < -0.4 is 5.32 Å². The van der Waals surface area contributed by atoms with Crippen molar-refractivity contribution in [2.75, 3.05) is 5.32 Å². The average molecular weight is 419 g/mol. The number of anilines is 1. The minimum atomic E-state index is -0.392. The molecule has 92 valence electrons. The van der Waals surface area contributed by atoms with E-state index >= 15 is 0 Å². The first kappa shape index (κ1) is 13.3. The van der Waals surface area contributed by atoms with Crippen molar-refractivity contribution >= 4 is 50.2 Å². The van der Waals surface area contributed by atoms with Gasteiger partial charge in [-0.2, -0.15) is 0 Å². The van der Waals surface area contributed by atoms with Crippen molar-refractivity contribution in [3.8, 4) is 5.75 Å². The third-order valence-electron chi connectivity index (χ3n) is 2.16. The Morgan fingerprint density at radius 3 is 2.83 bits per heavy atom. The second-order valence-electron chi connectivity index (χ2n) is 3.46. The van der Waals surface area contributed by atoms with Crippen molar-refractivity contribution in [1.29, 1.82) is 0 Å². The first-order valence-electron chi connectivity index (χ1n) is 4.98. The molecule has 0 unspecified atom stereocenters. The quantitative estimate of drug-likeness (QED) is 0.580. The third kappa shape index (κ3) is 3.20. The van der Waals surface area contributed by atoms with Gasteiger partial charge in [0.25, 0.3) is 5.91 Å². The third-order valence-corrected chi connectivity index (χ3v) is 3.27. The minimum absolute atomic E-state index is 0.0529. The number of carbonyl (C=O) groups is 1. The van der Waals surface area contributed by atoms with Crippen LogP contribution in [0.15, 0.2) is 41.0 Å². The molecule has 6 heteroatoms. The van der Waals surface area contributed by atoms with E-state index in [4.69, 9.17) is 0 Å². The summed E-state index contributed by atoms with van der Waals surface area (Å²) in [5, 5.41) is 12.3. The molecule has 2 rings (SSSR count). The Bertz CT molecular complexity index is 604. The van der Waals surface area contributed by atoms with Gasteiger partial charge in [0.05, 0.1) is 5.56 Å². The maximum absolute atomic E-state index is 12.0. The van der Waals surface area contributed by atoms with Crippen molar-refractivity contribution < 1.29 is 9.90 Å². The molecule has 18 heavy (non-hydrogen) atoms. The zero-order valence-electron chi connectivity index (χ0n) is 9.02. The lowest BCUT2D eigenvalue weighted by molar-refractivity contribution is 0.102. The molecule has 1 amide bonds. The van der Waals surface area contributed by atoms with Crippen molar-refractivity contribution in [3.05, 3.63) is 50.1 Å². The van der Waals surface area contributed by atoms with E-state index in [2.05, 4.69) is 48.8 Å². The van der Waals surface area contributed by atoms with Crippen LogP contribution in [0.4, 0.5) is 5.82 Å². The fourth-order valence-electron chi connectivity index (χ4n) is 1.35. The summed E-state index contributed by atoms with van der Waals surface area (Å²) in [5.41, 5.74) is 0.226. The maximum atomic E-state index is 12.0. The first-order chi connectivity index (χ1) is 8.56. The molecule has 2 N–H and O–H groups in total. The number of hydrogen-bond donors (Lipinski definition) is 2. The standard InChI is InChI=1S/C12H8BrIN2O2/c13-10-2-1-3-11(15-10)16-12(18)8-6-7(14)4-5-9(8)17/h1-6,17H,(H,15,16,18). The van der Waals surface area contributed by atoms with Gasteiger partial charge in [-0.3, -0.25) is 4.79 Å². The average Bonchev–Trinajstić information content (AvgIpc) is 2.32. The lowest BCUT2D eigenvalue weighted by atomic mass is 10.2. The number of pyridine rings is 1. The Balaban J connectivity index is 2.24. The van der Waals surface area contributed by atoms with Crippen LogP contribution >= 0.6 is 38.5 Å². The van der Waals surface area contributed by atoms with E-state index in [1.165, 1.54) is 6.07 Å². The van der Waals surface area contributed by atoms with Crippen LogP contribution in [0.5, 0.6) is 5.75 Å². The molecular formula is C12H8BrIN2O2. The second kappa shape index (κ2) is 5.66. The highest BCUT2D eigenvalue weighted by atomic mass is 127. The van der Waals surface area contributed by atoms with Crippen LogP contribution in [-0.2, 0) is 0 Å². The molecule has 1 heterocycles. The number of aromatic hydroxyl groups is 1. The molecule has 1 aromatic carbocycles. The minimum Gasteiger partial charge on any atom is -0.507 e. The lowest BCUT2D eigenvalue weighted by Crippen LogP contribution is -2.13. The number of amides is 1. The fraction of sp³-hybridized carbons (Fsp3) is 0. The van der Waals surface area contributed by atoms with Crippen LogP contribution in [0.25, 0.3) is 0 Å². The van der Waals surface area contributed by atoms with Crippen LogP contribution in [0, 0.1) is 3.57 Å². The smallest absolute Gasteiger partial charge is 0.260 e. The Hall–Kier alpha value is -1.15. The van der Waals surface area contributed by atoms with Crippen molar-refractivity contribution in [2.24, 2.45) is 0 Å². The number of aromatic nitrogens is 1. The molecule has 0 aliphatic rings. The van der Waals surface area contributed by atoms with Gasteiger partial charge in [-0.15, -0.1) is 0 Å². The molecule has 0 aliphatic heterocycles. The summed E-state index contributed by atoms with van der Waals surface area (Å²) >= 11 is 5.30. The topological polar surface area (TPSA) is 62.2 Å². The largest absolute Gasteiger partial charge is 0.507 e. The molecule has 0 fully saturated rings. The van der Waals surface area contributed by atoms with E-state index in [1.807, 2.05) is 0 Å². The molecule has 1 aromatic heterocycles. The monoisotopic (exact) mass is 418 g/mol. The number of hydrogen-bond acceptors (Lipinski definition) is 3. The van der Waals surface area contributed by atoms with E-state index < -0.39 is 5.91 Å². The van der Waals surface area contributed by atoms with Gasteiger partial charge in [0, 0.05) is 3.57 Å². The van der Waals surface area contributed by atoms with Crippen LogP contribution in [0.1, 0.15) is 10.4 Å². The number of nitrogens with zero attached hydrogens (tertiary/aromatic N) is 1. The maximum Gasteiger partial charge on any atom is 0.260 e.